The zero-order valence-electron chi connectivity index (χ0n) is 11.4. The highest BCUT2D eigenvalue weighted by Crippen LogP contribution is 2.27. The summed E-state index contributed by atoms with van der Waals surface area (Å²) in [5.41, 5.74) is 1.13. The second kappa shape index (κ2) is 5.81. The average molecular weight is 277 g/mol. The summed E-state index contributed by atoms with van der Waals surface area (Å²) in [6.45, 7) is 3.98. The van der Waals surface area contributed by atoms with Crippen molar-refractivity contribution in [2.45, 2.75) is 32.6 Å². The Morgan fingerprint density at radius 2 is 1.90 bits per heavy atom. The number of benzene rings is 1. The van der Waals surface area contributed by atoms with Crippen LogP contribution in [0.15, 0.2) is 24.3 Å². The summed E-state index contributed by atoms with van der Waals surface area (Å²) < 4.78 is 14.5. The number of nitrogens with zero attached hydrogens (tertiary/aromatic N) is 3. The largest absolute Gasteiger partial charge is 0.476 e. The van der Waals surface area contributed by atoms with Crippen molar-refractivity contribution in [3.05, 3.63) is 41.5 Å². The third-order valence-corrected chi connectivity index (χ3v) is 3.35. The molecule has 1 heterocycles. The molecule has 0 fully saturated rings. The maximum Gasteiger partial charge on any atom is 0.358 e. The first-order valence-corrected chi connectivity index (χ1v) is 6.53. The van der Waals surface area contributed by atoms with Gasteiger partial charge in [-0.05, 0) is 37.1 Å². The summed E-state index contributed by atoms with van der Waals surface area (Å²) in [7, 11) is 0. The van der Waals surface area contributed by atoms with Crippen molar-refractivity contribution in [2.24, 2.45) is 0 Å². The molecular formula is C14H16FN3O2. The minimum Gasteiger partial charge on any atom is -0.476 e. The van der Waals surface area contributed by atoms with E-state index in [0.717, 1.165) is 12.8 Å². The van der Waals surface area contributed by atoms with E-state index < -0.39 is 5.97 Å². The van der Waals surface area contributed by atoms with Crippen molar-refractivity contribution >= 4 is 5.97 Å². The van der Waals surface area contributed by atoms with Crippen molar-refractivity contribution in [3.8, 4) is 5.69 Å². The third-order valence-electron chi connectivity index (χ3n) is 3.35. The van der Waals surface area contributed by atoms with E-state index in [1.165, 1.54) is 16.8 Å². The maximum absolute atomic E-state index is 13.0. The number of carboxylic acids is 1. The van der Waals surface area contributed by atoms with Gasteiger partial charge in [-0.3, -0.25) is 0 Å². The lowest BCUT2D eigenvalue weighted by Crippen LogP contribution is -2.11. The summed E-state index contributed by atoms with van der Waals surface area (Å²) in [4.78, 5) is 11.3. The maximum atomic E-state index is 13.0. The van der Waals surface area contributed by atoms with Crippen LogP contribution in [-0.2, 0) is 0 Å². The molecule has 0 radical (unpaired) electrons. The number of hydrogen-bond donors (Lipinski definition) is 1. The highest BCUT2D eigenvalue weighted by molar-refractivity contribution is 5.86. The smallest absolute Gasteiger partial charge is 0.358 e. The molecule has 6 heteroatoms. The van der Waals surface area contributed by atoms with Crippen molar-refractivity contribution in [3.63, 3.8) is 0 Å². The molecule has 2 rings (SSSR count). The van der Waals surface area contributed by atoms with E-state index in [1.54, 1.807) is 12.1 Å². The topological polar surface area (TPSA) is 68.0 Å². The minimum atomic E-state index is -1.10. The summed E-state index contributed by atoms with van der Waals surface area (Å²) in [6.07, 6.45) is 1.57. The van der Waals surface area contributed by atoms with Crippen molar-refractivity contribution in [1.29, 1.82) is 0 Å². The van der Waals surface area contributed by atoms with Crippen molar-refractivity contribution in [1.82, 2.24) is 15.0 Å². The Morgan fingerprint density at radius 1 is 1.30 bits per heavy atom. The van der Waals surface area contributed by atoms with E-state index in [9.17, 15) is 14.3 Å². The molecule has 0 saturated heterocycles. The molecule has 1 N–H and O–H groups in total. The van der Waals surface area contributed by atoms with E-state index in [1.807, 2.05) is 13.8 Å². The first-order chi connectivity index (χ1) is 9.58. The van der Waals surface area contributed by atoms with Gasteiger partial charge in [-0.1, -0.05) is 19.1 Å². The summed E-state index contributed by atoms with van der Waals surface area (Å²) in [6, 6.07) is 5.74. The second-order valence-electron chi connectivity index (χ2n) is 4.53. The van der Waals surface area contributed by atoms with E-state index >= 15 is 0 Å². The van der Waals surface area contributed by atoms with Gasteiger partial charge in [0.1, 0.15) is 5.82 Å². The number of hydrogen-bond acceptors (Lipinski definition) is 3. The Kier molecular flexibility index (Phi) is 4.12. The molecule has 0 unspecified atom stereocenters. The first-order valence-electron chi connectivity index (χ1n) is 6.53. The molecule has 0 aliphatic carbocycles. The number of rotatable bonds is 5. The minimum absolute atomic E-state index is 0.0389. The fraction of sp³-hybridized carbons (Fsp3) is 0.357. The molecule has 5 nitrogen and oxygen atoms in total. The molecule has 0 amide bonds. The Bertz CT molecular complexity index is 603. The molecule has 0 bridgehead atoms. The van der Waals surface area contributed by atoms with E-state index in [2.05, 4.69) is 10.3 Å². The van der Waals surface area contributed by atoms with Gasteiger partial charge in [-0.2, -0.15) is 0 Å². The van der Waals surface area contributed by atoms with Crippen LogP contribution in [0.25, 0.3) is 5.69 Å². The monoisotopic (exact) mass is 277 g/mol. The average Bonchev–Trinajstić information content (AvgIpc) is 2.86. The highest BCUT2D eigenvalue weighted by Gasteiger charge is 2.25. The lowest BCUT2D eigenvalue weighted by atomic mass is 9.97. The standard InChI is InChI=1S/C14H16FN3O2/c1-3-9(4-2)13-12(14(19)20)16-17-18(13)11-7-5-10(15)6-8-11/h5-9H,3-4H2,1-2H3,(H,19,20). The first kappa shape index (κ1) is 14.2. The van der Waals surface area contributed by atoms with Crippen LogP contribution >= 0.6 is 0 Å². The summed E-state index contributed by atoms with van der Waals surface area (Å²) >= 11 is 0. The van der Waals surface area contributed by atoms with Crippen LogP contribution in [0.4, 0.5) is 4.39 Å². The van der Waals surface area contributed by atoms with Crippen LogP contribution < -0.4 is 0 Å². The van der Waals surface area contributed by atoms with Crippen LogP contribution in [0, 0.1) is 5.82 Å². The van der Waals surface area contributed by atoms with Crippen LogP contribution in [-0.4, -0.2) is 26.1 Å². The molecule has 0 atom stereocenters. The molecule has 0 spiro atoms. The van der Waals surface area contributed by atoms with Gasteiger partial charge in [0.2, 0.25) is 0 Å². The molecule has 0 aliphatic heterocycles. The fourth-order valence-corrected chi connectivity index (χ4v) is 2.26. The van der Waals surface area contributed by atoms with Gasteiger partial charge in [0, 0.05) is 5.92 Å². The number of aromatic carboxylic acids is 1. The second-order valence-corrected chi connectivity index (χ2v) is 4.53. The fourth-order valence-electron chi connectivity index (χ4n) is 2.26. The Labute approximate surface area is 116 Å². The van der Waals surface area contributed by atoms with E-state index in [-0.39, 0.29) is 17.4 Å². The normalized spacial score (nSPS) is 11.0. The van der Waals surface area contributed by atoms with E-state index in [4.69, 9.17) is 0 Å². The Balaban J connectivity index is 2.58. The van der Waals surface area contributed by atoms with Gasteiger partial charge in [0.25, 0.3) is 0 Å². The molecule has 106 valence electrons. The van der Waals surface area contributed by atoms with Gasteiger partial charge < -0.3 is 5.11 Å². The van der Waals surface area contributed by atoms with E-state index in [0.29, 0.717) is 11.4 Å². The highest BCUT2D eigenvalue weighted by atomic mass is 19.1. The molecule has 0 aliphatic rings. The Hall–Kier alpha value is -2.24. The zero-order valence-corrected chi connectivity index (χ0v) is 11.4. The van der Waals surface area contributed by atoms with Crippen LogP contribution in [0.5, 0.6) is 0 Å². The molecule has 0 saturated carbocycles. The van der Waals surface area contributed by atoms with Gasteiger partial charge in [0.15, 0.2) is 5.69 Å². The van der Waals surface area contributed by atoms with Crippen LogP contribution in [0.1, 0.15) is 48.8 Å². The quantitative estimate of drug-likeness (QED) is 0.912. The lowest BCUT2D eigenvalue weighted by Gasteiger charge is -2.15. The van der Waals surface area contributed by atoms with Crippen LogP contribution in [0.3, 0.4) is 0 Å². The van der Waals surface area contributed by atoms with Gasteiger partial charge >= 0.3 is 5.97 Å². The zero-order chi connectivity index (χ0) is 14.7. The summed E-state index contributed by atoms with van der Waals surface area (Å²) in [5.74, 6) is -1.40. The molecule has 2 aromatic rings. The third kappa shape index (κ3) is 2.54. The predicted octanol–water partition coefficient (Wildman–Crippen LogP) is 3.01. The SMILES string of the molecule is CCC(CC)c1c(C(=O)O)nnn1-c1ccc(F)cc1. The van der Waals surface area contributed by atoms with Crippen LogP contribution in [0.2, 0.25) is 0 Å². The molecular weight excluding hydrogens is 261 g/mol. The predicted molar refractivity (Wildman–Crippen MR) is 71.6 cm³/mol. The summed E-state index contributed by atoms with van der Waals surface area (Å²) in [5, 5.41) is 16.9. The van der Waals surface area contributed by atoms with Crippen molar-refractivity contribution in [2.75, 3.05) is 0 Å². The number of carboxylic acid groups (broad SMARTS) is 1. The number of carbonyl (C=O) groups is 1. The Morgan fingerprint density at radius 3 is 2.40 bits per heavy atom. The number of halogens is 1. The van der Waals surface area contributed by atoms with Crippen molar-refractivity contribution < 1.29 is 14.3 Å². The van der Waals surface area contributed by atoms with Gasteiger partial charge in [0.05, 0.1) is 11.4 Å². The van der Waals surface area contributed by atoms with Gasteiger partial charge in [-0.15, -0.1) is 5.10 Å². The lowest BCUT2D eigenvalue weighted by molar-refractivity contribution is 0.0688. The van der Waals surface area contributed by atoms with Gasteiger partial charge in [-0.25, -0.2) is 13.9 Å². The molecule has 1 aromatic heterocycles. The molecule has 1 aromatic carbocycles. The number of aromatic nitrogens is 3. The molecule has 20 heavy (non-hydrogen) atoms.